The van der Waals surface area contributed by atoms with Crippen molar-refractivity contribution in [2.24, 2.45) is 5.92 Å². The van der Waals surface area contributed by atoms with E-state index in [1.165, 1.54) is 18.2 Å². The fourth-order valence-electron chi connectivity index (χ4n) is 3.00. The summed E-state index contributed by atoms with van der Waals surface area (Å²) < 4.78 is 27.3. The number of benzene rings is 1. The van der Waals surface area contributed by atoms with Gasteiger partial charge in [-0.15, -0.1) is 6.58 Å². The molecule has 28 heavy (non-hydrogen) atoms. The number of rotatable bonds is 12. The molecule has 0 heterocycles. The highest BCUT2D eigenvalue weighted by atomic mass is 32.2. The molecule has 0 saturated heterocycles. The molecule has 9 heteroatoms. The van der Waals surface area contributed by atoms with Crippen LogP contribution in [0.4, 0.5) is 5.69 Å². The van der Waals surface area contributed by atoms with E-state index in [4.69, 9.17) is 0 Å². The molecule has 1 aromatic carbocycles. The molecule has 0 bridgehead atoms. The molecule has 1 aliphatic carbocycles. The number of carboxylic acids is 1. The maximum absolute atomic E-state index is 13.2. The molecule has 1 N–H and O–H groups in total. The van der Waals surface area contributed by atoms with Gasteiger partial charge in [0.15, 0.2) is 4.90 Å². The Morgan fingerprint density at radius 2 is 2.04 bits per heavy atom. The van der Waals surface area contributed by atoms with Crippen molar-refractivity contribution in [3.8, 4) is 0 Å². The zero-order valence-electron chi connectivity index (χ0n) is 15.5. The molecule has 0 radical (unpaired) electrons. The van der Waals surface area contributed by atoms with Gasteiger partial charge in [-0.1, -0.05) is 30.4 Å². The van der Waals surface area contributed by atoms with E-state index < -0.39 is 37.5 Å². The second kappa shape index (κ2) is 9.11. The Balaban J connectivity index is 2.40. The molecule has 8 nitrogen and oxygen atoms in total. The van der Waals surface area contributed by atoms with Crippen LogP contribution in [0.5, 0.6) is 0 Å². The second-order valence-corrected chi connectivity index (χ2v) is 8.73. The van der Waals surface area contributed by atoms with Crippen LogP contribution < -0.4 is 0 Å². The Bertz CT molecular complexity index is 876. The van der Waals surface area contributed by atoms with Crippen LogP contribution >= 0.6 is 0 Å². The highest BCUT2D eigenvalue weighted by molar-refractivity contribution is 7.89. The summed E-state index contributed by atoms with van der Waals surface area (Å²) >= 11 is 0. The number of nitro benzene ring substituents is 1. The number of aliphatic carboxylic acids is 1. The van der Waals surface area contributed by atoms with Gasteiger partial charge in [-0.25, -0.2) is 8.42 Å². The van der Waals surface area contributed by atoms with Crippen LogP contribution in [0.2, 0.25) is 0 Å². The van der Waals surface area contributed by atoms with Gasteiger partial charge in [0.05, 0.1) is 4.92 Å². The van der Waals surface area contributed by atoms with E-state index in [0.29, 0.717) is 5.92 Å². The van der Waals surface area contributed by atoms with Crippen molar-refractivity contribution in [1.82, 2.24) is 4.31 Å². The largest absolute Gasteiger partial charge is 0.480 e. The molecule has 1 saturated carbocycles. The number of para-hydroxylation sites is 1. The van der Waals surface area contributed by atoms with Crippen molar-refractivity contribution in [2.75, 3.05) is 6.54 Å². The number of hydrogen-bond donors (Lipinski definition) is 1. The van der Waals surface area contributed by atoms with Gasteiger partial charge in [0.25, 0.3) is 15.7 Å². The van der Waals surface area contributed by atoms with Gasteiger partial charge in [0.1, 0.15) is 6.04 Å². The highest BCUT2D eigenvalue weighted by Gasteiger charge is 2.38. The minimum atomic E-state index is -4.43. The quantitative estimate of drug-likeness (QED) is 0.322. The van der Waals surface area contributed by atoms with Crippen LogP contribution in [0.15, 0.2) is 54.0 Å². The van der Waals surface area contributed by atoms with Gasteiger partial charge in [0, 0.05) is 12.6 Å². The average molecular weight is 408 g/mol. The topological polar surface area (TPSA) is 118 Å². The zero-order valence-corrected chi connectivity index (χ0v) is 16.3. The van der Waals surface area contributed by atoms with E-state index in [1.54, 1.807) is 0 Å². The molecule has 0 aromatic heterocycles. The number of carbonyl (C=O) groups is 1. The number of nitro groups is 1. The van der Waals surface area contributed by atoms with Crippen LogP contribution in [0.3, 0.4) is 0 Å². The Labute approximate surface area is 164 Å². The summed E-state index contributed by atoms with van der Waals surface area (Å²) in [4.78, 5) is 21.7. The van der Waals surface area contributed by atoms with E-state index in [2.05, 4.69) is 13.2 Å². The Hall–Kier alpha value is -2.52. The summed E-state index contributed by atoms with van der Waals surface area (Å²) in [5, 5.41) is 20.9. The summed E-state index contributed by atoms with van der Waals surface area (Å²) in [6, 6.07) is 3.52. The molecular formula is C19H24N2O6S. The van der Waals surface area contributed by atoms with Crippen LogP contribution in [0.1, 0.15) is 32.1 Å². The molecule has 1 aliphatic rings. The van der Waals surface area contributed by atoms with Crippen molar-refractivity contribution in [1.29, 1.82) is 0 Å². The van der Waals surface area contributed by atoms with Crippen LogP contribution in [-0.4, -0.2) is 41.3 Å². The van der Waals surface area contributed by atoms with Gasteiger partial charge < -0.3 is 5.11 Å². The normalized spacial score (nSPS) is 15.2. The number of hydrogen-bond acceptors (Lipinski definition) is 5. The lowest BCUT2D eigenvalue weighted by Gasteiger charge is -2.27. The SMILES string of the molecule is C=CCC(C(=O)O)N(CCC(=C)CC1CC1)S(=O)(=O)c1ccccc1[N+](=O)[O-]. The second-order valence-electron chi connectivity index (χ2n) is 6.87. The molecule has 1 unspecified atom stereocenters. The first-order valence-electron chi connectivity index (χ1n) is 8.94. The summed E-state index contributed by atoms with van der Waals surface area (Å²) in [6.07, 6.45) is 4.50. The monoisotopic (exact) mass is 408 g/mol. The fourth-order valence-corrected chi connectivity index (χ4v) is 4.75. The first-order chi connectivity index (χ1) is 13.2. The van der Waals surface area contributed by atoms with Crippen molar-refractivity contribution in [3.05, 3.63) is 59.2 Å². The third-order valence-electron chi connectivity index (χ3n) is 4.63. The van der Waals surface area contributed by atoms with E-state index in [0.717, 1.165) is 41.3 Å². The van der Waals surface area contributed by atoms with Crippen molar-refractivity contribution in [2.45, 2.75) is 43.0 Å². The van der Waals surface area contributed by atoms with E-state index >= 15 is 0 Å². The third-order valence-corrected chi connectivity index (χ3v) is 6.59. The molecule has 152 valence electrons. The Morgan fingerprint density at radius 3 is 2.57 bits per heavy atom. The standard InChI is InChI=1S/C19H24N2O6S/c1-3-6-17(19(22)23)20(12-11-14(2)13-15-9-10-15)28(26,27)18-8-5-4-7-16(18)21(24)25/h3-5,7-8,15,17H,1-2,6,9-13H2,(H,22,23). The highest BCUT2D eigenvalue weighted by Crippen LogP contribution is 2.36. The van der Waals surface area contributed by atoms with Crippen LogP contribution in [-0.2, 0) is 14.8 Å². The molecule has 1 aromatic rings. The molecule has 1 fully saturated rings. The van der Waals surface area contributed by atoms with E-state index in [1.807, 2.05) is 0 Å². The minimum Gasteiger partial charge on any atom is -0.480 e. The predicted octanol–water partition coefficient (Wildman–Crippen LogP) is 3.36. The molecule has 0 spiro atoms. The third kappa shape index (κ3) is 5.26. The number of sulfonamides is 1. The molecule has 2 rings (SSSR count). The summed E-state index contributed by atoms with van der Waals surface area (Å²) in [7, 11) is -4.43. The lowest BCUT2D eigenvalue weighted by molar-refractivity contribution is -0.387. The van der Waals surface area contributed by atoms with Crippen LogP contribution in [0.25, 0.3) is 0 Å². The summed E-state index contributed by atoms with van der Waals surface area (Å²) in [5.74, 6) is -0.772. The van der Waals surface area contributed by atoms with Gasteiger partial charge in [-0.2, -0.15) is 4.31 Å². The van der Waals surface area contributed by atoms with Crippen molar-refractivity contribution >= 4 is 21.7 Å². The lowest BCUT2D eigenvalue weighted by atomic mass is 10.1. The van der Waals surface area contributed by atoms with Gasteiger partial charge in [-0.3, -0.25) is 14.9 Å². The fraction of sp³-hybridized carbons (Fsp3) is 0.421. The maximum atomic E-state index is 13.2. The summed E-state index contributed by atoms with van der Waals surface area (Å²) in [5.41, 5.74) is 0.250. The number of carboxylic acid groups (broad SMARTS) is 1. The molecule has 0 aliphatic heterocycles. The average Bonchev–Trinajstić information content (AvgIpc) is 3.44. The maximum Gasteiger partial charge on any atom is 0.322 e. The van der Waals surface area contributed by atoms with Gasteiger partial charge >= 0.3 is 5.97 Å². The van der Waals surface area contributed by atoms with E-state index in [9.17, 15) is 28.4 Å². The summed E-state index contributed by atoms with van der Waals surface area (Å²) in [6.45, 7) is 7.34. The zero-order chi connectivity index (χ0) is 20.9. The first kappa shape index (κ1) is 21.8. The first-order valence-corrected chi connectivity index (χ1v) is 10.4. The molecule has 0 amide bonds. The van der Waals surface area contributed by atoms with E-state index in [-0.39, 0.29) is 19.4 Å². The predicted molar refractivity (Wildman–Crippen MR) is 104 cm³/mol. The van der Waals surface area contributed by atoms with Gasteiger partial charge in [0.2, 0.25) is 0 Å². The van der Waals surface area contributed by atoms with Crippen LogP contribution in [0, 0.1) is 16.0 Å². The number of nitrogens with zero attached hydrogens (tertiary/aromatic N) is 2. The Kier molecular flexibility index (Phi) is 7.09. The van der Waals surface area contributed by atoms with Crippen molar-refractivity contribution in [3.63, 3.8) is 0 Å². The molecular weight excluding hydrogens is 384 g/mol. The van der Waals surface area contributed by atoms with Gasteiger partial charge in [-0.05, 0) is 44.1 Å². The Morgan fingerprint density at radius 1 is 1.39 bits per heavy atom. The lowest BCUT2D eigenvalue weighted by Crippen LogP contribution is -2.45. The minimum absolute atomic E-state index is 0.120. The smallest absolute Gasteiger partial charge is 0.322 e. The molecule has 1 atom stereocenters. The van der Waals surface area contributed by atoms with Crippen molar-refractivity contribution < 1.29 is 23.2 Å².